The third-order valence-corrected chi connectivity index (χ3v) is 4.52. The van der Waals surface area contributed by atoms with Gasteiger partial charge in [0, 0.05) is 4.47 Å². The molecule has 2 aromatic rings. The Bertz CT molecular complexity index is 659. The highest BCUT2D eigenvalue weighted by molar-refractivity contribution is 9.10. The van der Waals surface area contributed by atoms with E-state index >= 15 is 0 Å². The summed E-state index contributed by atoms with van der Waals surface area (Å²) in [5.41, 5.74) is 1.18. The van der Waals surface area contributed by atoms with Crippen LogP contribution >= 0.6 is 15.9 Å². The lowest BCUT2D eigenvalue weighted by Gasteiger charge is -2.08. The van der Waals surface area contributed by atoms with Gasteiger partial charge in [-0.05, 0) is 30.7 Å². The molecule has 0 amide bonds. The number of rotatable bonds is 3. The summed E-state index contributed by atoms with van der Waals surface area (Å²) in [6.07, 6.45) is 4.13. The van der Waals surface area contributed by atoms with Gasteiger partial charge in [-0.1, -0.05) is 15.9 Å². The molecule has 2 rings (SSSR count). The Morgan fingerprint density at radius 3 is 2.50 bits per heavy atom. The van der Waals surface area contributed by atoms with Crippen molar-refractivity contribution in [1.29, 1.82) is 0 Å². The fraction of sp³-hybridized carbons (Fsp3) is 0.0909. The van der Waals surface area contributed by atoms with E-state index in [9.17, 15) is 8.42 Å². The van der Waals surface area contributed by atoms with E-state index < -0.39 is 10.0 Å². The first-order chi connectivity index (χ1) is 8.49. The maximum atomic E-state index is 12.1. The van der Waals surface area contributed by atoms with Crippen molar-refractivity contribution in [2.45, 2.75) is 11.8 Å². The van der Waals surface area contributed by atoms with Crippen LogP contribution < -0.4 is 4.72 Å². The summed E-state index contributed by atoms with van der Waals surface area (Å²) in [5, 5.41) is 0. The Labute approximate surface area is 113 Å². The smallest absolute Gasteiger partial charge is 0.262 e. The molecular formula is C11H10BrN3O2S. The second kappa shape index (κ2) is 5.03. The molecule has 1 N–H and O–H groups in total. The zero-order valence-electron chi connectivity index (χ0n) is 9.46. The summed E-state index contributed by atoms with van der Waals surface area (Å²) in [5.74, 6) is 0. The fourth-order valence-electron chi connectivity index (χ4n) is 1.35. The minimum atomic E-state index is -3.60. The Morgan fingerprint density at radius 1 is 1.22 bits per heavy atom. The van der Waals surface area contributed by atoms with Crippen molar-refractivity contribution < 1.29 is 8.42 Å². The highest BCUT2D eigenvalue weighted by Crippen LogP contribution is 2.21. The average Bonchev–Trinajstić information content (AvgIpc) is 2.33. The number of halogens is 1. The summed E-state index contributed by atoms with van der Waals surface area (Å²) >= 11 is 3.33. The lowest BCUT2D eigenvalue weighted by Crippen LogP contribution is -2.13. The summed E-state index contributed by atoms with van der Waals surface area (Å²) in [7, 11) is -3.60. The molecule has 0 spiro atoms. The summed E-state index contributed by atoms with van der Waals surface area (Å²) < 4.78 is 27.4. The van der Waals surface area contributed by atoms with Gasteiger partial charge in [0.1, 0.15) is 6.33 Å². The molecule has 1 aromatic carbocycles. The van der Waals surface area contributed by atoms with E-state index in [0.29, 0.717) is 5.69 Å². The van der Waals surface area contributed by atoms with Crippen molar-refractivity contribution in [2.75, 3.05) is 4.72 Å². The number of nitrogens with zero attached hydrogens (tertiary/aromatic N) is 2. The van der Waals surface area contributed by atoms with Gasteiger partial charge in [0.2, 0.25) is 0 Å². The molecule has 0 saturated heterocycles. The highest BCUT2D eigenvalue weighted by atomic mass is 79.9. The molecular weight excluding hydrogens is 318 g/mol. The SMILES string of the molecule is Cc1cc(S(=O)(=O)Nc2cncnc2)ccc1Br. The van der Waals surface area contributed by atoms with Crippen LogP contribution in [0.5, 0.6) is 0 Å². The predicted octanol–water partition coefficient (Wildman–Crippen LogP) is 2.35. The quantitative estimate of drug-likeness (QED) is 0.939. The van der Waals surface area contributed by atoms with Crippen molar-refractivity contribution >= 4 is 31.6 Å². The molecule has 0 fully saturated rings. The van der Waals surface area contributed by atoms with Crippen molar-refractivity contribution in [2.24, 2.45) is 0 Å². The van der Waals surface area contributed by atoms with Gasteiger partial charge in [-0.15, -0.1) is 0 Å². The normalized spacial score (nSPS) is 11.2. The third-order valence-electron chi connectivity index (χ3n) is 2.25. The minimum Gasteiger partial charge on any atom is -0.276 e. The Balaban J connectivity index is 2.34. The molecule has 5 nitrogen and oxygen atoms in total. The third kappa shape index (κ3) is 2.85. The lowest BCUT2D eigenvalue weighted by molar-refractivity contribution is 0.601. The predicted molar refractivity (Wildman–Crippen MR) is 71.7 cm³/mol. The van der Waals surface area contributed by atoms with E-state index in [1.807, 2.05) is 6.92 Å². The van der Waals surface area contributed by atoms with E-state index in [0.717, 1.165) is 10.0 Å². The summed E-state index contributed by atoms with van der Waals surface area (Å²) in [6.45, 7) is 1.83. The number of anilines is 1. The maximum absolute atomic E-state index is 12.1. The van der Waals surface area contributed by atoms with Crippen LogP contribution in [0.1, 0.15) is 5.56 Å². The largest absolute Gasteiger partial charge is 0.276 e. The maximum Gasteiger partial charge on any atom is 0.262 e. The molecule has 0 aliphatic heterocycles. The molecule has 0 unspecified atom stereocenters. The number of hydrogen-bond acceptors (Lipinski definition) is 4. The minimum absolute atomic E-state index is 0.201. The van der Waals surface area contributed by atoms with Crippen LogP contribution in [0.4, 0.5) is 5.69 Å². The van der Waals surface area contributed by atoms with E-state index in [1.54, 1.807) is 12.1 Å². The number of nitrogens with one attached hydrogen (secondary N) is 1. The molecule has 18 heavy (non-hydrogen) atoms. The number of aromatic nitrogens is 2. The van der Waals surface area contributed by atoms with Crippen LogP contribution in [0.2, 0.25) is 0 Å². The van der Waals surface area contributed by atoms with E-state index in [2.05, 4.69) is 30.6 Å². The van der Waals surface area contributed by atoms with Gasteiger partial charge in [0.15, 0.2) is 0 Å². The first-order valence-corrected chi connectivity index (χ1v) is 7.30. The van der Waals surface area contributed by atoms with Crippen LogP contribution in [0.25, 0.3) is 0 Å². The molecule has 1 aromatic heterocycles. The molecule has 0 atom stereocenters. The van der Waals surface area contributed by atoms with Crippen molar-refractivity contribution in [3.63, 3.8) is 0 Å². The van der Waals surface area contributed by atoms with Gasteiger partial charge in [-0.25, -0.2) is 18.4 Å². The zero-order chi connectivity index (χ0) is 13.2. The van der Waals surface area contributed by atoms with Gasteiger partial charge in [0.25, 0.3) is 10.0 Å². The summed E-state index contributed by atoms with van der Waals surface area (Å²) in [6, 6.07) is 4.82. The first-order valence-electron chi connectivity index (χ1n) is 5.03. The topological polar surface area (TPSA) is 72.0 Å². The standard InChI is InChI=1S/C11H10BrN3O2S/c1-8-4-10(2-3-11(8)12)18(16,17)15-9-5-13-7-14-6-9/h2-7,15H,1H3. The number of aryl methyl sites for hydroxylation is 1. The van der Waals surface area contributed by atoms with Crippen molar-refractivity contribution in [1.82, 2.24) is 9.97 Å². The molecule has 0 saturated carbocycles. The van der Waals surface area contributed by atoms with Crippen LogP contribution in [0.3, 0.4) is 0 Å². The molecule has 0 bridgehead atoms. The zero-order valence-corrected chi connectivity index (χ0v) is 11.9. The Hall–Kier alpha value is -1.47. The van der Waals surface area contributed by atoms with Crippen LogP contribution in [0.15, 0.2) is 46.3 Å². The molecule has 94 valence electrons. The van der Waals surface area contributed by atoms with Crippen LogP contribution in [-0.2, 0) is 10.0 Å². The Kier molecular flexibility index (Phi) is 3.63. The van der Waals surface area contributed by atoms with E-state index in [4.69, 9.17) is 0 Å². The van der Waals surface area contributed by atoms with Gasteiger partial charge in [-0.2, -0.15) is 0 Å². The summed E-state index contributed by atoms with van der Waals surface area (Å²) in [4.78, 5) is 7.70. The fourth-order valence-corrected chi connectivity index (χ4v) is 2.71. The molecule has 0 aliphatic rings. The number of benzene rings is 1. The highest BCUT2D eigenvalue weighted by Gasteiger charge is 2.15. The molecule has 0 radical (unpaired) electrons. The number of hydrogen-bond donors (Lipinski definition) is 1. The lowest BCUT2D eigenvalue weighted by atomic mass is 10.2. The second-order valence-electron chi connectivity index (χ2n) is 3.64. The van der Waals surface area contributed by atoms with Crippen LogP contribution in [-0.4, -0.2) is 18.4 Å². The second-order valence-corrected chi connectivity index (χ2v) is 6.18. The van der Waals surface area contributed by atoms with Gasteiger partial charge in [-0.3, -0.25) is 4.72 Å². The molecule has 0 aliphatic carbocycles. The molecule has 7 heteroatoms. The first kappa shape index (κ1) is 13.0. The Morgan fingerprint density at radius 2 is 1.89 bits per heavy atom. The van der Waals surface area contributed by atoms with E-state index in [-0.39, 0.29) is 4.90 Å². The van der Waals surface area contributed by atoms with Crippen LogP contribution in [0, 0.1) is 6.92 Å². The van der Waals surface area contributed by atoms with E-state index in [1.165, 1.54) is 24.8 Å². The van der Waals surface area contributed by atoms with Crippen molar-refractivity contribution in [3.05, 3.63) is 47.0 Å². The van der Waals surface area contributed by atoms with Gasteiger partial charge in [0.05, 0.1) is 23.0 Å². The van der Waals surface area contributed by atoms with Crippen molar-refractivity contribution in [3.8, 4) is 0 Å². The van der Waals surface area contributed by atoms with Gasteiger partial charge >= 0.3 is 0 Å². The monoisotopic (exact) mass is 327 g/mol. The average molecular weight is 328 g/mol. The van der Waals surface area contributed by atoms with Gasteiger partial charge < -0.3 is 0 Å². The number of sulfonamides is 1. The molecule has 1 heterocycles.